The van der Waals surface area contributed by atoms with Gasteiger partial charge in [-0.1, -0.05) is 11.6 Å². The lowest BCUT2D eigenvalue weighted by atomic mass is 10.2. The molecule has 1 amide bonds. The first kappa shape index (κ1) is 15.7. The molecule has 0 saturated carbocycles. The van der Waals surface area contributed by atoms with Crippen LogP contribution >= 0.6 is 23.4 Å². The molecule has 1 aliphatic heterocycles. The number of nitrogens with zero attached hydrogens (tertiary/aromatic N) is 1. The topological polar surface area (TPSA) is 54.5 Å². The third-order valence-electron chi connectivity index (χ3n) is 3.33. The third kappa shape index (κ3) is 4.14. The zero-order valence-corrected chi connectivity index (χ0v) is 13.5. The fourth-order valence-corrected chi connectivity index (χ4v) is 4.78. The van der Waals surface area contributed by atoms with E-state index in [0.717, 1.165) is 4.90 Å². The zero-order valence-electron chi connectivity index (χ0n) is 11.1. The molecule has 7 heteroatoms. The Labute approximate surface area is 128 Å². The van der Waals surface area contributed by atoms with E-state index in [4.69, 9.17) is 11.6 Å². The predicted octanol–water partition coefficient (Wildman–Crippen LogP) is 2.08. The van der Waals surface area contributed by atoms with Crippen LogP contribution in [0.4, 0.5) is 0 Å². The number of carbonyl (C=O) groups is 1. The van der Waals surface area contributed by atoms with E-state index in [1.807, 2.05) is 12.1 Å². The molecule has 1 aliphatic rings. The minimum absolute atomic E-state index is 0.0490. The second kappa shape index (κ2) is 6.37. The predicted molar refractivity (Wildman–Crippen MR) is 82.0 cm³/mol. The summed E-state index contributed by atoms with van der Waals surface area (Å²) in [5.74, 6) is 0.516. The molecule has 0 radical (unpaired) electrons. The maximum absolute atomic E-state index is 12.1. The largest absolute Gasteiger partial charge is 0.341 e. The number of rotatable bonds is 4. The average Bonchev–Trinajstić information content (AvgIpc) is 2.77. The molecule has 4 nitrogen and oxygen atoms in total. The van der Waals surface area contributed by atoms with Crippen molar-refractivity contribution in [1.29, 1.82) is 0 Å². The number of hydrogen-bond acceptors (Lipinski definition) is 4. The van der Waals surface area contributed by atoms with Crippen LogP contribution in [0, 0.1) is 0 Å². The van der Waals surface area contributed by atoms with E-state index in [0.29, 0.717) is 17.2 Å². The molecule has 20 heavy (non-hydrogen) atoms. The van der Waals surface area contributed by atoms with Crippen LogP contribution in [0.2, 0.25) is 5.02 Å². The van der Waals surface area contributed by atoms with Crippen molar-refractivity contribution < 1.29 is 13.2 Å². The SMILES string of the molecule is CN(C(=O)CSc1ccc(Cl)cc1)C1CCS(=O)(=O)C1. The lowest BCUT2D eigenvalue weighted by Crippen LogP contribution is -2.38. The molecule has 0 bridgehead atoms. The van der Waals surface area contributed by atoms with Gasteiger partial charge in [-0.2, -0.15) is 0 Å². The fraction of sp³-hybridized carbons (Fsp3) is 0.462. The quantitative estimate of drug-likeness (QED) is 0.792. The highest BCUT2D eigenvalue weighted by molar-refractivity contribution is 8.00. The molecule has 1 saturated heterocycles. The van der Waals surface area contributed by atoms with Crippen LogP contribution in [0.3, 0.4) is 0 Å². The maximum atomic E-state index is 12.1. The summed E-state index contributed by atoms with van der Waals surface area (Å²) in [5.41, 5.74) is 0. The highest BCUT2D eigenvalue weighted by Gasteiger charge is 2.32. The summed E-state index contributed by atoms with van der Waals surface area (Å²) in [4.78, 5) is 14.6. The van der Waals surface area contributed by atoms with Crippen molar-refractivity contribution >= 4 is 39.1 Å². The van der Waals surface area contributed by atoms with Crippen molar-refractivity contribution in [3.63, 3.8) is 0 Å². The minimum atomic E-state index is -2.96. The van der Waals surface area contributed by atoms with Gasteiger partial charge < -0.3 is 4.90 Å². The number of halogens is 1. The summed E-state index contributed by atoms with van der Waals surface area (Å²) in [7, 11) is -1.28. The van der Waals surface area contributed by atoms with E-state index in [1.165, 1.54) is 11.8 Å². The number of amides is 1. The molecule has 1 atom stereocenters. The lowest BCUT2D eigenvalue weighted by Gasteiger charge is -2.23. The molecule has 0 N–H and O–H groups in total. The molecule has 0 spiro atoms. The Morgan fingerprint density at radius 3 is 2.60 bits per heavy atom. The first-order valence-corrected chi connectivity index (χ1v) is 9.40. The van der Waals surface area contributed by atoms with Crippen molar-refractivity contribution in [3.05, 3.63) is 29.3 Å². The molecule has 2 rings (SSSR count). The van der Waals surface area contributed by atoms with E-state index in [-0.39, 0.29) is 23.5 Å². The van der Waals surface area contributed by atoms with Crippen LogP contribution in [0.5, 0.6) is 0 Å². The Bertz CT molecular complexity index is 586. The molecule has 0 aliphatic carbocycles. The Morgan fingerprint density at radius 2 is 2.05 bits per heavy atom. The Morgan fingerprint density at radius 1 is 1.40 bits per heavy atom. The van der Waals surface area contributed by atoms with Gasteiger partial charge in [0.2, 0.25) is 5.91 Å². The number of carbonyl (C=O) groups excluding carboxylic acids is 1. The van der Waals surface area contributed by atoms with Crippen LogP contribution in [-0.2, 0) is 14.6 Å². The molecule has 1 fully saturated rings. The summed E-state index contributed by atoms with van der Waals surface area (Å²) in [5, 5.41) is 0.661. The summed E-state index contributed by atoms with van der Waals surface area (Å²) in [6.07, 6.45) is 0.538. The van der Waals surface area contributed by atoms with Gasteiger partial charge in [-0.25, -0.2) is 8.42 Å². The van der Waals surface area contributed by atoms with Crippen LogP contribution < -0.4 is 0 Å². The Hall–Kier alpha value is -0.720. The van der Waals surface area contributed by atoms with E-state index in [1.54, 1.807) is 24.1 Å². The molecular formula is C13H16ClNO3S2. The van der Waals surface area contributed by atoms with Gasteiger partial charge in [-0.3, -0.25) is 4.79 Å². The molecule has 1 unspecified atom stereocenters. The normalized spacial score (nSPS) is 20.8. The van der Waals surface area contributed by atoms with Crippen LogP contribution in [0.15, 0.2) is 29.2 Å². The number of thioether (sulfide) groups is 1. The smallest absolute Gasteiger partial charge is 0.232 e. The van der Waals surface area contributed by atoms with Gasteiger partial charge in [0, 0.05) is 23.0 Å². The summed E-state index contributed by atoms with van der Waals surface area (Å²) >= 11 is 7.22. The van der Waals surface area contributed by atoms with Crippen LogP contribution in [0.1, 0.15) is 6.42 Å². The van der Waals surface area contributed by atoms with E-state index < -0.39 is 9.84 Å². The van der Waals surface area contributed by atoms with Crippen LogP contribution in [0.25, 0.3) is 0 Å². The number of benzene rings is 1. The average molecular weight is 334 g/mol. The highest BCUT2D eigenvalue weighted by Crippen LogP contribution is 2.22. The van der Waals surface area contributed by atoms with Crippen molar-refractivity contribution in [3.8, 4) is 0 Å². The molecule has 110 valence electrons. The van der Waals surface area contributed by atoms with Gasteiger partial charge in [0.15, 0.2) is 9.84 Å². The second-order valence-corrected chi connectivity index (χ2v) is 8.52. The van der Waals surface area contributed by atoms with E-state index in [9.17, 15) is 13.2 Å². The first-order valence-electron chi connectivity index (χ1n) is 6.22. The van der Waals surface area contributed by atoms with Crippen molar-refractivity contribution in [2.24, 2.45) is 0 Å². The van der Waals surface area contributed by atoms with Crippen molar-refractivity contribution in [2.75, 3.05) is 24.3 Å². The number of hydrogen-bond donors (Lipinski definition) is 0. The zero-order chi connectivity index (χ0) is 14.8. The fourth-order valence-electron chi connectivity index (χ4n) is 2.06. The van der Waals surface area contributed by atoms with Gasteiger partial charge in [0.25, 0.3) is 0 Å². The van der Waals surface area contributed by atoms with Crippen molar-refractivity contribution in [2.45, 2.75) is 17.4 Å². The summed E-state index contributed by atoms with van der Waals surface area (Å²) in [6.45, 7) is 0. The standard InChI is InChI=1S/C13H16ClNO3S2/c1-15(11-6-7-20(17,18)9-11)13(16)8-19-12-4-2-10(14)3-5-12/h2-5,11H,6-9H2,1H3. The van der Waals surface area contributed by atoms with Gasteiger partial charge in [-0.05, 0) is 30.7 Å². The molecular weight excluding hydrogens is 318 g/mol. The highest BCUT2D eigenvalue weighted by atomic mass is 35.5. The third-order valence-corrected chi connectivity index (χ3v) is 6.32. The van der Waals surface area contributed by atoms with Crippen LogP contribution in [-0.4, -0.2) is 49.6 Å². The van der Waals surface area contributed by atoms with Gasteiger partial charge in [0.05, 0.1) is 17.3 Å². The Kier molecular flexibility index (Phi) is 4.99. The maximum Gasteiger partial charge on any atom is 0.232 e. The van der Waals surface area contributed by atoms with E-state index in [2.05, 4.69) is 0 Å². The lowest BCUT2D eigenvalue weighted by molar-refractivity contribution is -0.128. The van der Waals surface area contributed by atoms with Gasteiger partial charge >= 0.3 is 0 Å². The van der Waals surface area contributed by atoms with Crippen molar-refractivity contribution in [1.82, 2.24) is 4.90 Å². The second-order valence-electron chi connectivity index (χ2n) is 4.80. The number of sulfone groups is 1. The molecule has 0 aromatic heterocycles. The molecule has 1 aromatic carbocycles. The molecule has 1 heterocycles. The minimum Gasteiger partial charge on any atom is -0.341 e. The monoisotopic (exact) mass is 333 g/mol. The van der Waals surface area contributed by atoms with E-state index >= 15 is 0 Å². The first-order chi connectivity index (χ1) is 9.37. The van der Waals surface area contributed by atoms with Gasteiger partial charge in [0.1, 0.15) is 0 Å². The summed E-state index contributed by atoms with van der Waals surface area (Å²) < 4.78 is 22.8. The molecule has 1 aromatic rings. The summed E-state index contributed by atoms with van der Waals surface area (Å²) in [6, 6.07) is 7.10. The Balaban J connectivity index is 1.87. The van der Waals surface area contributed by atoms with Gasteiger partial charge in [-0.15, -0.1) is 11.8 Å².